The molecule has 1 fully saturated rings. The molecule has 1 aromatic rings. The summed E-state index contributed by atoms with van der Waals surface area (Å²) in [6, 6.07) is 3.55. The van der Waals surface area contributed by atoms with Crippen LogP contribution in [-0.2, 0) is 11.3 Å². The Hall–Kier alpha value is -2.02. The van der Waals surface area contributed by atoms with Crippen molar-refractivity contribution in [1.29, 1.82) is 0 Å². The predicted octanol–water partition coefficient (Wildman–Crippen LogP) is 2.42. The van der Waals surface area contributed by atoms with Gasteiger partial charge in [-0.05, 0) is 36.9 Å². The zero-order valence-electron chi connectivity index (χ0n) is 11.5. The molecule has 1 aromatic carbocycles. The van der Waals surface area contributed by atoms with Gasteiger partial charge in [0.05, 0.1) is 11.0 Å². The van der Waals surface area contributed by atoms with E-state index in [1.165, 1.54) is 12.1 Å². The minimum Gasteiger partial charge on any atom is -0.481 e. The maximum absolute atomic E-state index is 13.4. The minimum atomic E-state index is -0.816. The van der Waals surface area contributed by atoms with Crippen molar-refractivity contribution in [2.24, 2.45) is 5.92 Å². The summed E-state index contributed by atoms with van der Waals surface area (Å²) in [5.74, 6) is -1.36. The van der Waals surface area contributed by atoms with E-state index >= 15 is 0 Å². The van der Waals surface area contributed by atoms with E-state index < -0.39 is 16.7 Å². The van der Waals surface area contributed by atoms with Crippen molar-refractivity contribution >= 4 is 11.7 Å². The van der Waals surface area contributed by atoms with Crippen LogP contribution in [0.3, 0.4) is 0 Å². The van der Waals surface area contributed by atoms with E-state index in [4.69, 9.17) is 5.11 Å². The second-order valence-corrected chi connectivity index (χ2v) is 5.42. The maximum atomic E-state index is 13.4. The predicted molar refractivity (Wildman–Crippen MR) is 73.3 cm³/mol. The number of likely N-dealkylation sites (tertiary alicyclic amines) is 1. The van der Waals surface area contributed by atoms with Gasteiger partial charge in [-0.1, -0.05) is 0 Å². The fraction of sp³-hybridized carbons (Fsp3) is 0.500. The number of hydrogen-bond donors (Lipinski definition) is 1. The molecule has 2 rings (SSSR count). The molecule has 1 heterocycles. The van der Waals surface area contributed by atoms with Crippen molar-refractivity contribution in [2.45, 2.75) is 25.8 Å². The molecule has 1 atom stereocenters. The van der Waals surface area contributed by atoms with E-state index in [1.807, 2.05) is 4.90 Å². The van der Waals surface area contributed by atoms with Crippen molar-refractivity contribution in [3.05, 3.63) is 39.7 Å². The number of rotatable bonds is 5. The molecular formula is C14H17FN2O4. The molecule has 1 N–H and O–H groups in total. The Balaban J connectivity index is 2.03. The number of carbonyl (C=O) groups is 1. The van der Waals surface area contributed by atoms with Gasteiger partial charge in [0.25, 0.3) is 5.69 Å². The molecule has 21 heavy (non-hydrogen) atoms. The molecular weight excluding hydrogens is 279 g/mol. The Kier molecular flexibility index (Phi) is 4.85. The Morgan fingerprint density at radius 1 is 1.48 bits per heavy atom. The smallest absolute Gasteiger partial charge is 0.303 e. The van der Waals surface area contributed by atoms with Crippen molar-refractivity contribution < 1.29 is 19.2 Å². The molecule has 7 heteroatoms. The highest BCUT2D eigenvalue weighted by Crippen LogP contribution is 2.23. The molecule has 0 radical (unpaired) electrons. The highest BCUT2D eigenvalue weighted by molar-refractivity contribution is 5.67. The number of hydrogen-bond acceptors (Lipinski definition) is 4. The number of aliphatic carboxylic acids is 1. The first-order valence-electron chi connectivity index (χ1n) is 6.82. The molecule has 0 bridgehead atoms. The average Bonchev–Trinajstić information content (AvgIpc) is 2.37. The summed E-state index contributed by atoms with van der Waals surface area (Å²) in [5, 5.41) is 19.6. The lowest BCUT2D eigenvalue weighted by Gasteiger charge is -2.32. The number of nitro groups is 1. The van der Waals surface area contributed by atoms with E-state index in [2.05, 4.69) is 0 Å². The van der Waals surface area contributed by atoms with Crippen molar-refractivity contribution in [3.63, 3.8) is 0 Å². The molecule has 0 saturated carbocycles. The zero-order valence-corrected chi connectivity index (χ0v) is 11.5. The van der Waals surface area contributed by atoms with Gasteiger partial charge < -0.3 is 5.11 Å². The Morgan fingerprint density at radius 2 is 2.24 bits per heavy atom. The number of nitro benzene ring substituents is 1. The van der Waals surface area contributed by atoms with Gasteiger partial charge in [0, 0.05) is 25.6 Å². The molecule has 1 unspecified atom stereocenters. The summed E-state index contributed by atoms with van der Waals surface area (Å²) in [5.41, 5.74) is 0.279. The molecule has 1 saturated heterocycles. The van der Waals surface area contributed by atoms with E-state index in [-0.39, 0.29) is 18.0 Å². The van der Waals surface area contributed by atoms with E-state index in [0.29, 0.717) is 18.7 Å². The van der Waals surface area contributed by atoms with Crippen LogP contribution in [0.5, 0.6) is 0 Å². The number of carboxylic acid groups (broad SMARTS) is 1. The molecule has 114 valence electrons. The third kappa shape index (κ3) is 4.49. The number of halogens is 1. The monoisotopic (exact) mass is 296 g/mol. The standard InChI is InChI=1S/C14H17FN2O4/c15-12-4-11(5-13(7-12)17(20)21)9-16-3-1-2-10(8-16)6-14(18)19/h4-5,7,10H,1-3,6,8-9H2,(H,18,19). The first-order valence-corrected chi connectivity index (χ1v) is 6.82. The third-order valence-electron chi connectivity index (χ3n) is 3.63. The van der Waals surface area contributed by atoms with Crippen LogP contribution in [0.2, 0.25) is 0 Å². The van der Waals surface area contributed by atoms with Crippen LogP contribution < -0.4 is 0 Å². The normalized spacial score (nSPS) is 19.4. The van der Waals surface area contributed by atoms with E-state index in [1.54, 1.807) is 0 Å². The van der Waals surface area contributed by atoms with Gasteiger partial charge in [0.15, 0.2) is 0 Å². The Morgan fingerprint density at radius 3 is 2.90 bits per heavy atom. The van der Waals surface area contributed by atoms with E-state index in [9.17, 15) is 19.3 Å². The largest absolute Gasteiger partial charge is 0.481 e. The lowest BCUT2D eigenvalue weighted by atomic mass is 9.94. The van der Waals surface area contributed by atoms with Crippen LogP contribution in [0.25, 0.3) is 0 Å². The summed E-state index contributed by atoms with van der Waals surface area (Å²) >= 11 is 0. The maximum Gasteiger partial charge on any atom is 0.303 e. The summed E-state index contributed by atoms with van der Waals surface area (Å²) in [4.78, 5) is 22.9. The average molecular weight is 296 g/mol. The lowest BCUT2D eigenvalue weighted by Crippen LogP contribution is -2.35. The summed E-state index contributed by atoms with van der Waals surface area (Å²) in [6.07, 6.45) is 1.88. The van der Waals surface area contributed by atoms with Gasteiger partial charge in [-0.3, -0.25) is 19.8 Å². The van der Waals surface area contributed by atoms with Gasteiger partial charge >= 0.3 is 5.97 Å². The number of benzene rings is 1. The van der Waals surface area contributed by atoms with Crippen LogP contribution >= 0.6 is 0 Å². The van der Waals surface area contributed by atoms with Gasteiger partial charge in [0.1, 0.15) is 5.82 Å². The SMILES string of the molecule is O=C(O)CC1CCCN(Cc2cc(F)cc([N+](=O)[O-])c2)C1. The summed E-state index contributed by atoms with van der Waals surface area (Å²) in [7, 11) is 0. The van der Waals surface area contributed by atoms with Crippen LogP contribution in [0, 0.1) is 21.8 Å². The van der Waals surface area contributed by atoms with Gasteiger partial charge in [-0.15, -0.1) is 0 Å². The highest BCUT2D eigenvalue weighted by Gasteiger charge is 2.22. The molecule has 0 amide bonds. The third-order valence-corrected chi connectivity index (χ3v) is 3.63. The van der Waals surface area contributed by atoms with E-state index in [0.717, 1.165) is 25.5 Å². The number of carboxylic acids is 1. The first kappa shape index (κ1) is 15.4. The second-order valence-electron chi connectivity index (χ2n) is 5.42. The summed E-state index contributed by atoms with van der Waals surface area (Å²) in [6.45, 7) is 1.81. The fourth-order valence-corrected chi connectivity index (χ4v) is 2.80. The van der Waals surface area contributed by atoms with Crippen molar-refractivity contribution in [1.82, 2.24) is 4.90 Å². The molecule has 0 spiro atoms. The molecule has 6 nitrogen and oxygen atoms in total. The zero-order chi connectivity index (χ0) is 15.4. The first-order chi connectivity index (χ1) is 9.94. The fourth-order valence-electron chi connectivity index (χ4n) is 2.80. The van der Waals surface area contributed by atoms with Gasteiger partial charge in [-0.2, -0.15) is 0 Å². The minimum absolute atomic E-state index is 0.0831. The number of nitrogens with zero attached hydrogens (tertiary/aromatic N) is 2. The Labute approximate surface area is 121 Å². The quantitative estimate of drug-likeness (QED) is 0.666. The van der Waals surface area contributed by atoms with Crippen LogP contribution in [0.1, 0.15) is 24.8 Å². The topological polar surface area (TPSA) is 83.7 Å². The second kappa shape index (κ2) is 6.62. The van der Waals surface area contributed by atoms with Crippen molar-refractivity contribution in [2.75, 3.05) is 13.1 Å². The van der Waals surface area contributed by atoms with Crippen LogP contribution in [0.15, 0.2) is 18.2 Å². The number of piperidine rings is 1. The molecule has 0 aliphatic carbocycles. The highest BCUT2D eigenvalue weighted by atomic mass is 19.1. The van der Waals surface area contributed by atoms with Crippen molar-refractivity contribution in [3.8, 4) is 0 Å². The molecule has 1 aliphatic rings. The molecule has 0 aromatic heterocycles. The van der Waals surface area contributed by atoms with Gasteiger partial charge in [-0.25, -0.2) is 4.39 Å². The van der Waals surface area contributed by atoms with Gasteiger partial charge in [0.2, 0.25) is 0 Å². The molecule has 1 aliphatic heterocycles. The van der Waals surface area contributed by atoms with Crippen LogP contribution in [-0.4, -0.2) is 34.0 Å². The van der Waals surface area contributed by atoms with Crippen LogP contribution in [0.4, 0.5) is 10.1 Å². The number of non-ortho nitro benzene ring substituents is 1. The summed E-state index contributed by atoms with van der Waals surface area (Å²) < 4.78 is 13.4. The Bertz CT molecular complexity index is 550. The lowest BCUT2D eigenvalue weighted by molar-refractivity contribution is -0.385.